The lowest BCUT2D eigenvalue weighted by Crippen LogP contribution is -2.13. The highest BCUT2D eigenvalue weighted by molar-refractivity contribution is 5.71. The first-order valence-corrected chi connectivity index (χ1v) is 4.98. The Morgan fingerprint density at radius 1 is 1.06 bits per heavy atom. The maximum atomic E-state index is 10.7. The lowest BCUT2D eigenvalue weighted by Gasteiger charge is -2.05. The summed E-state index contributed by atoms with van der Waals surface area (Å²) in [5.74, 6) is -0.526. The molecule has 16 heavy (non-hydrogen) atoms. The average molecular weight is 231 g/mol. The van der Waals surface area contributed by atoms with Gasteiger partial charge in [-0.15, -0.1) is 0 Å². The van der Waals surface area contributed by atoms with E-state index in [1.165, 1.54) is 0 Å². The molecule has 0 aromatic carbocycles. The van der Waals surface area contributed by atoms with Crippen LogP contribution in [0.2, 0.25) is 0 Å². The molecule has 0 aliphatic carbocycles. The summed E-state index contributed by atoms with van der Waals surface area (Å²) in [4.78, 5) is 10.7. The number of carbonyl (C=O) groups is 1. The molecular formula is C10H17NO5. The van der Waals surface area contributed by atoms with Crippen molar-refractivity contribution in [1.82, 2.24) is 0 Å². The van der Waals surface area contributed by atoms with Crippen LogP contribution < -0.4 is 0 Å². The van der Waals surface area contributed by atoms with E-state index in [1.807, 2.05) is 0 Å². The van der Waals surface area contributed by atoms with Crippen LogP contribution in [0.15, 0.2) is 0 Å². The minimum atomic E-state index is -0.526. The van der Waals surface area contributed by atoms with Gasteiger partial charge in [0.1, 0.15) is 13.0 Å². The van der Waals surface area contributed by atoms with Crippen LogP contribution in [0.1, 0.15) is 6.42 Å². The topological polar surface area (TPSA) is 77.8 Å². The van der Waals surface area contributed by atoms with Crippen molar-refractivity contribution >= 4 is 5.97 Å². The first-order chi connectivity index (χ1) is 7.81. The Morgan fingerprint density at radius 3 is 2.19 bits per heavy atom. The third-order valence-corrected chi connectivity index (χ3v) is 1.52. The van der Waals surface area contributed by atoms with E-state index in [1.54, 1.807) is 13.2 Å². The number of rotatable bonds is 10. The molecule has 0 radical (unpaired) electrons. The van der Waals surface area contributed by atoms with Crippen LogP contribution in [-0.4, -0.2) is 52.7 Å². The zero-order valence-corrected chi connectivity index (χ0v) is 9.44. The predicted octanol–water partition coefficient (Wildman–Crippen LogP) is 0.123. The van der Waals surface area contributed by atoms with Gasteiger partial charge >= 0.3 is 5.97 Å². The quantitative estimate of drug-likeness (QED) is 0.392. The zero-order valence-electron chi connectivity index (χ0n) is 9.44. The number of carbonyl (C=O) groups excluding carboxylic acids is 1. The summed E-state index contributed by atoms with van der Waals surface area (Å²) < 4.78 is 19.7. The fourth-order valence-electron chi connectivity index (χ4n) is 0.794. The van der Waals surface area contributed by atoms with Crippen molar-refractivity contribution < 1.29 is 23.7 Å². The van der Waals surface area contributed by atoms with E-state index in [0.29, 0.717) is 33.0 Å². The van der Waals surface area contributed by atoms with Crippen molar-refractivity contribution in [2.75, 3.05) is 46.8 Å². The molecule has 0 atom stereocenters. The molecule has 0 heterocycles. The van der Waals surface area contributed by atoms with E-state index in [9.17, 15) is 4.79 Å². The van der Waals surface area contributed by atoms with Crippen LogP contribution >= 0.6 is 0 Å². The molecule has 0 aromatic rings. The number of nitriles is 1. The van der Waals surface area contributed by atoms with Gasteiger partial charge in [-0.05, 0) is 0 Å². The molecule has 0 fully saturated rings. The Bertz CT molecular complexity index is 214. The Morgan fingerprint density at radius 2 is 1.62 bits per heavy atom. The molecule has 0 spiro atoms. The maximum Gasteiger partial charge on any atom is 0.320 e. The molecule has 0 unspecified atom stereocenters. The summed E-state index contributed by atoms with van der Waals surface area (Å²) in [5.41, 5.74) is 0. The average Bonchev–Trinajstić information content (AvgIpc) is 2.27. The second-order valence-electron chi connectivity index (χ2n) is 2.77. The highest BCUT2D eigenvalue weighted by Gasteiger charge is 1.99. The van der Waals surface area contributed by atoms with E-state index in [2.05, 4.69) is 4.74 Å². The normalized spacial score (nSPS) is 9.75. The highest BCUT2D eigenvalue weighted by atomic mass is 16.6. The van der Waals surface area contributed by atoms with Crippen molar-refractivity contribution in [3.05, 3.63) is 0 Å². The summed E-state index contributed by atoms with van der Waals surface area (Å²) in [6, 6.07) is 1.70. The molecule has 0 amide bonds. The molecule has 6 nitrogen and oxygen atoms in total. The fourth-order valence-corrected chi connectivity index (χ4v) is 0.794. The van der Waals surface area contributed by atoms with Gasteiger partial charge in [-0.1, -0.05) is 0 Å². The molecule has 6 heteroatoms. The van der Waals surface area contributed by atoms with Gasteiger partial charge in [-0.25, -0.2) is 0 Å². The molecule has 0 saturated heterocycles. The van der Waals surface area contributed by atoms with E-state index < -0.39 is 5.97 Å². The molecule has 0 aliphatic rings. The summed E-state index contributed by atoms with van der Waals surface area (Å²) in [7, 11) is 1.61. The van der Waals surface area contributed by atoms with Crippen LogP contribution in [0.3, 0.4) is 0 Å². The molecule has 0 aliphatic heterocycles. The van der Waals surface area contributed by atoms with Crippen molar-refractivity contribution in [2.24, 2.45) is 0 Å². The Kier molecular flexibility index (Phi) is 11.0. The number of ether oxygens (including phenoxy) is 4. The van der Waals surface area contributed by atoms with E-state index in [4.69, 9.17) is 19.5 Å². The van der Waals surface area contributed by atoms with Gasteiger partial charge in [0.25, 0.3) is 0 Å². The van der Waals surface area contributed by atoms with E-state index in [0.717, 1.165) is 0 Å². The highest BCUT2D eigenvalue weighted by Crippen LogP contribution is 1.85. The van der Waals surface area contributed by atoms with Gasteiger partial charge in [0.2, 0.25) is 0 Å². The van der Waals surface area contributed by atoms with Gasteiger partial charge < -0.3 is 18.9 Å². The van der Waals surface area contributed by atoms with Crippen molar-refractivity contribution in [3.63, 3.8) is 0 Å². The summed E-state index contributed by atoms with van der Waals surface area (Å²) in [6.45, 7) is 2.50. The Labute approximate surface area is 95.0 Å². The van der Waals surface area contributed by atoms with E-state index >= 15 is 0 Å². The second kappa shape index (κ2) is 11.9. The van der Waals surface area contributed by atoms with Crippen LogP contribution in [0, 0.1) is 11.3 Å². The summed E-state index contributed by atoms with van der Waals surface area (Å²) >= 11 is 0. The third kappa shape index (κ3) is 10.9. The number of hydrogen-bond donors (Lipinski definition) is 0. The predicted molar refractivity (Wildman–Crippen MR) is 54.7 cm³/mol. The van der Waals surface area contributed by atoms with Crippen LogP contribution in [0.4, 0.5) is 0 Å². The molecular weight excluding hydrogens is 214 g/mol. The number of nitrogens with zero attached hydrogens (tertiary/aromatic N) is 1. The van der Waals surface area contributed by atoms with Crippen LogP contribution in [-0.2, 0) is 23.7 Å². The van der Waals surface area contributed by atoms with Gasteiger partial charge in [0.15, 0.2) is 0 Å². The van der Waals surface area contributed by atoms with Crippen LogP contribution in [0.25, 0.3) is 0 Å². The van der Waals surface area contributed by atoms with Crippen molar-refractivity contribution in [2.45, 2.75) is 6.42 Å². The Hall–Kier alpha value is -1.16. The number of methoxy groups -OCH3 is 1. The largest absolute Gasteiger partial charge is 0.462 e. The monoisotopic (exact) mass is 231 g/mol. The molecule has 0 aromatic heterocycles. The molecule has 0 saturated carbocycles. The third-order valence-electron chi connectivity index (χ3n) is 1.52. The lowest BCUT2D eigenvalue weighted by molar-refractivity contribution is -0.144. The second-order valence-corrected chi connectivity index (χ2v) is 2.77. The van der Waals surface area contributed by atoms with Crippen LogP contribution in [0.5, 0.6) is 0 Å². The fraction of sp³-hybridized carbons (Fsp3) is 0.800. The molecule has 0 N–H and O–H groups in total. The number of esters is 1. The lowest BCUT2D eigenvalue weighted by atomic mass is 10.5. The van der Waals surface area contributed by atoms with Gasteiger partial charge in [0.05, 0.1) is 39.1 Å². The van der Waals surface area contributed by atoms with Crippen molar-refractivity contribution in [1.29, 1.82) is 5.26 Å². The smallest absolute Gasteiger partial charge is 0.320 e. The minimum Gasteiger partial charge on any atom is -0.462 e. The first-order valence-electron chi connectivity index (χ1n) is 4.98. The molecule has 0 rings (SSSR count). The number of hydrogen-bond acceptors (Lipinski definition) is 6. The maximum absolute atomic E-state index is 10.7. The van der Waals surface area contributed by atoms with E-state index in [-0.39, 0.29) is 13.0 Å². The summed E-state index contributed by atoms with van der Waals surface area (Å²) in [5, 5.41) is 8.17. The SMILES string of the molecule is COCCOCCOCCOC(=O)CC#N. The van der Waals surface area contributed by atoms with Gasteiger partial charge in [-0.2, -0.15) is 5.26 Å². The van der Waals surface area contributed by atoms with Gasteiger partial charge in [0, 0.05) is 7.11 Å². The standard InChI is InChI=1S/C10H17NO5/c1-13-4-5-14-6-7-15-8-9-16-10(12)2-3-11/h2,4-9H2,1H3. The van der Waals surface area contributed by atoms with Gasteiger partial charge in [-0.3, -0.25) is 4.79 Å². The zero-order chi connectivity index (χ0) is 12.1. The molecule has 0 bridgehead atoms. The van der Waals surface area contributed by atoms with Crippen molar-refractivity contribution in [3.8, 4) is 6.07 Å². The summed E-state index contributed by atoms with van der Waals surface area (Å²) in [6.07, 6.45) is -0.222. The first kappa shape index (κ1) is 14.8. The Balaban J connectivity index is 3.04. The molecule has 92 valence electrons. The minimum absolute atomic E-state index is 0.165.